The lowest BCUT2D eigenvalue weighted by atomic mass is 10.1. The highest BCUT2D eigenvalue weighted by Crippen LogP contribution is 2.23. The molecule has 0 aliphatic heterocycles. The smallest absolute Gasteiger partial charge is 0.130 e. The summed E-state index contributed by atoms with van der Waals surface area (Å²) in [4.78, 5) is 4.17. The van der Waals surface area contributed by atoms with Crippen molar-refractivity contribution in [1.29, 1.82) is 0 Å². The van der Waals surface area contributed by atoms with E-state index in [0.717, 1.165) is 20.9 Å². The molecule has 0 atom stereocenters. The lowest BCUT2D eigenvalue weighted by molar-refractivity contribution is 0.283. The monoisotopic (exact) mass is 271 g/mol. The maximum absolute atomic E-state index is 9.13. The minimum Gasteiger partial charge on any atom is -0.392 e. The molecular formula is C10H7BrClNO. The number of fused-ring (bicyclic) bond motifs is 1. The lowest BCUT2D eigenvalue weighted by Crippen LogP contribution is -1.89. The van der Waals surface area contributed by atoms with Crippen LogP contribution in [0.5, 0.6) is 0 Å². The van der Waals surface area contributed by atoms with Gasteiger partial charge in [-0.1, -0.05) is 33.6 Å². The van der Waals surface area contributed by atoms with Crippen molar-refractivity contribution in [2.75, 3.05) is 0 Å². The Morgan fingerprint density at radius 3 is 2.86 bits per heavy atom. The van der Waals surface area contributed by atoms with Gasteiger partial charge in [-0.3, -0.25) is 0 Å². The van der Waals surface area contributed by atoms with Gasteiger partial charge in [-0.05, 0) is 23.8 Å². The average Bonchev–Trinajstić information content (AvgIpc) is 2.15. The van der Waals surface area contributed by atoms with E-state index in [1.54, 1.807) is 6.07 Å². The minimum absolute atomic E-state index is 0.0274. The zero-order valence-corrected chi connectivity index (χ0v) is 9.51. The average molecular weight is 273 g/mol. The molecule has 1 aromatic heterocycles. The Kier molecular flexibility index (Phi) is 2.72. The van der Waals surface area contributed by atoms with Crippen LogP contribution in [0.1, 0.15) is 5.56 Å². The van der Waals surface area contributed by atoms with E-state index in [0.29, 0.717) is 5.15 Å². The molecule has 0 radical (unpaired) electrons. The summed E-state index contributed by atoms with van der Waals surface area (Å²) in [7, 11) is 0. The molecule has 0 fully saturated rings. The van der Waals surface area contributed by atoms with Crippen LogP contribution in [0.2, 0.25) is 5.15 Å². The molecule has 0 saturated carbocycles. The highest BCUT2D eigenvalue weighted by molar-refractivity contribution is 9.10. The normalized spacial score (nSPS) is 10.8. The van der Waals surface area contributed by atoms with E-state index < -0.39 is 0 Å². The van der Waals surface area contributed by atoms with E-state index in [9.17, 15) is 0 Å². The van der Waals surface area contributed by atoms with Gasteiger partial charge in [0.1, 0.15) is 5.15 Å². The van der Waals surface area contributed by atoms with E-state index in [2.05, 4.69) is 20.9 Å². The molecule has 14 heavy (non-hydrogen) atoms. The number of aliphatic hydroxyl groups excluding tert-OH is 1. The molecule has 72 valence electrons. The van der Waals surface area contributed by atoms with Gasteiger partial charge in [0.05, 0.1) is 12.1 Å². The second kappa shape index (κ2) is 3.85. The number of halogens is 2. The molecule has 2 nitrogen and oxygen atoms in total. The van der Waals surface area contributed by atoms with Crippen LogP contribution >= 0.6 is 27.5 Å². The third-order valence-corrected chi connectivity index (χ3v) is 2.68. The molecule has 1 heterocycles. The number of rotatable bonds is 1. The summed E-state index contributed by atoms with van der Waals surface area (Å²) < 4.78 is 0.948. The Labute approximate surface area is 94.7 Å². The summed E-state index contributed by atoms with van der Waals surface area (Å²) in [6.07, 6.45) is 0. The molecule has 0 spiro atoms. The van der Waals surface area contributed by atoms with Crippen molar-refractivity contribution in [3.63, 3.8) is 0 Å². The van der Waals surface area contributed by atoms with Gasteiger partial charge in [-0.15, -0.1) is 0 Å². The predicted molar refractivity (Wildman–Crippen MR) is 60.4 cm³/mol. The Morgan fingerprint density at radius 1 is 1.36 bits per heavy atom. The number of benzene rings is 1. The summed E-state index contributed by atoms with van der Waals surface area (Å²) in [5, 5.41) is 10.5. The molecule has 0 bridgehead atoms. The second-order valence-corrected chi connectivity index (χ2v) is 4.23. The van der Waals surface area contributed by atoms with Crippen molar-refractivity contribution in [2.24, 2.45) is 0 Å². The van der Waals surface area contributed by atoms with Crippen LogP contribution in [0.15, 0.2) is 28.7 Å². The molecule has 1 N–H and O–H groups in total. The van der Waals surface area contributed by atoms with E-state index in [4.69, 9.17) is 16.7 Å². The lowest BCUT2D eigenvalue weighted by Gasteiger charge is -2.04. The maximum Gasteiger partial charge on any atom is 0.130 e. The van der Waals surface area contributed by atoms with Crippen LogP contribution in [0.3, 0.4) is 0 Å². The van der Waals surface area contributed by atoms with Gasteiger partial charge in [-0.25, -0.2) is 4.98 Å². The molecule has 0 unspecified atom stereocenters. The van der Waals surface area contributed by atoms with Crippen molar-refractivity contribution in [3.05, 3.63) is 39.5 Å². The number of aliphatic hydroxyl groups is 1. The van der Waals surface area contributed by atoms with Crippen LogP contribution in [-0.2, 0) is 6.61 Å². The fraction of sp³-hybridized carbons (Fsp3) is 0.100. The van der Waals surface area contributed by atoms with Crippen LogP contribution in [-0.4, -0.2) is 10.1 Å². The highest BCUT2D eigenvalue weighted by Gasteiger charge is 2.03. The SMILES string of the molecule is OCc1cc(Cl)nc2cc(Br)ccc12. The summed E-state index contributed by atoms with van der Waals surface area (Å²) in [6.45, 7) is -0.0274. The maximum atomic E-state index is 9.13. The number of hydrogen-bond acceptors (Lipinski definition) is 2. The summed E-state index contributed by atoms with van der Waals surface area (Å²) >= 11 is 9.18. The third kappa shape index (κ3) is 1.75. The molecular weight excluding hydrogens is 265 g/mol. The van der Waals surface area contributed by atoms with Gasteiger partial charge >= 0.3 is 0 Å². The first-order valence-corrected chi connectivity index (χ1v) is 5.23. The first-order valence-electron chi connectivity index (χ1n) is 4.06. The number of hydrogen-bond donors (Lipinski definition) is 1. The zero-order valence-electron chi connectivity index (χ0n) is 7.17. The van der Waals surface area contributed by atoms with Crippen molar-refractivity contribution in [3.8, 4) is 0 Å². The molecule has 0 aliphatic carbocycles. The Hall–Kier alpha value is -0.640. The standard InChI is InChI=1S/C10H7BrClNO/c11-7-1-2-8-6(5-14)3-10(12)13-9(8)4-7/h1-4,14H,5H2. The molecule has 2 rings (SSSR count). The molecule has 0 amide bonds. The molecule has 4 heteroatoms. The number of pyridine rings is 1. The zero-order chi connectivity index (χ0) is 10.1. The van der Waals surface area contributed by atoms with Crippen molar-refractivity contribution in [2.45, 2.75) is 6.61 Å². The molecule has 0 saturated heterocycles. The van der Waals surface area contributed by atoms with Gasteiger partial charge in [0, 0.05) is 9.86 Å². The fourth-order valence-electron chi connectivity index (χ4n) is 1.37. The first kappa shape index (κ1) is 9.90. The van der Waals surface area contributed by atoms with Gasteiger partial charge in [0.2, 0.25) is 0 Å². The van der Waals surface area contributed by atoms with Gasteiger partial charge in [0.15, 0.2) is 0 Å². The fourth-order valence-corrected chi connectivity index (χ4v) is 1.94. The van der Waals surface area contributed by atoms with E-state index in [1.165, 1.54) is 0 Å². The first-order chi connectivity index (χ1) is 6.70. The topological polar surface area (TPSA) is 33.1 Å². The van der Waals surface area contributed by atoms with E-state index >= 15 is 0 Å². The largest absolute Gasteiger partial charge is 0.392 e. The minimum atomic E-state index is -0.0274. The van der Waals surface area contributed by atoms with Gasteiger partial charge in [-0.2, -0.15) is 0 Å². The Bertz CT molecular complexity index is 482. The van der Waals surface area contributed by atoms with Crippen LogP contribution < -0.4 is 0 Å². The van der Waals surface area contributed by atoms with Gasteiger partial charge < -0.3 is 5.11 Å². The quantitative estimate of drug-likeness (QED) is 0.809. The second-order valence-electron chi connectivity index (χ2n) is 2.92. The molecule has 1 aromatic carbocycles. The predicted octanol–water partition coefficient (Wildman–Crippen LogP) is 3.14. The molecule has 2 aromatic rings. The number of aromatic nitrogens is 1. The number of nitrogens with zero attached hydrogens (tertiary/aromatic N) is 1. The van der Waals surface area contributed by atoms with Crippen molar-refractivity contribution >= 4 is 38.4 Å². The highest BCUT2D eigenvalue weighted by atomic mass is 79.9. The Balaban J connectivity index is 2.81. The third-order valence-electron chi connectivity index (χ3n) is 2.00. The van der Waals surface area contributed by atoms with Crippen molar-refractivity contribution < 1.29 is 5.11 Å². The van der Waals surface area contributed by atoms with Crippen LogP contribution in [0.25, 0.3) is 10.9 Å². The summed E-state index contributed by atoms with van der Waals surface area (Å²) in [5.41, 5.74) is 1.59. The summed E-state index contributed by atoms with van der Waals surface area (Å²) in [5.74, 6) is 0. The van der Waals surface area contributed by atoms with E-state index in [-0.39, 0.29) is 6.61 Å². The Morgan fingerprint density at radius 2 is 2.14 bits per heavy atom. The van der Waals surface area contributed by atoms with Crippen LogP contribution in [0.4, 0.5) is 0 Å². The van der Waals surface area contributed by atoms with Crippen LogP contribution in [0, 0.1) is 0 Å². The molecule has 0 aliphatic rings. The van der Waals surface area contributed by atoms with Gasteiger partial charge in [0.25, 0.3) is 0 Å². The van der Waals surface area contributed by atoms with Crippen molar-refractivity contribution in [1.82, 2.24) is 4.98 Å². The van der Waals surface area contributed by atoms with E-state index in [1.807, 2.05) is 18.2 Å². The summed E-state index contributed by atoms with van der Waals surface area (Å²) in [6, 6.07) is 7.38.